The van der Waals surface area contributed by atoms with E-state index in [2.05, 4.69) is 25.7 Å². The number of amides is 2. The van der Waals surface area contributed by atoms with Crippen LogP contribution in [0.5, 0.6) is 5.75 Å². The molecule has 1 aromatic carbocycles. The third-order valence-electron chi connectivity index (χ3n) is 6.42. The minimum atomic E-state index is -0.655. The Morgan fingerprint density at radius 2 is 2.08 bits per heavy atom. The fraction of sp³-hybridized carbons (Fsp3) is 0.370. The topological polar surface area (TPSA) is 144 Å². The number of benzene rings is 1. The number of para-hydroxylation sites is 1. The van der Waals surface area contributed by atoms with Crippen LogP contribution in [0.2, 0.25) is 0 Å². The third-order valence-corrected chi connectivity index (χ3v) is 6.42. The van der Waals surface area contributed by atoms with E-state index in [0.29, 0.717) is 23.7 Å². The van der Waals surface area contributed by atoms with Crippen molar-refractivity contribution in [1.29, 1.82) is 0 Å². The molecule has 39 heavy (non-hydrogen) atoms. The lowest BCUT2D eigenvalue weighted by molar-refractivity contribution is -0.127. The summed E-state index contributed by atoms with van der Waals surface area (Å²) in [4.78, 5) is 37.3. The maximum absolute atomic E-state index is 12.6. The number of piperidine rings is 1. The first kappa shape index (κ1) is 27.6. The van der Waals surface area contributed by atoms with Crippen LogP contribution in [0.1, 0.15) is 34.8 Å². The lowest BCUT2D eigenvalue weighted by Crippen LogP contribution is -2.40. The van der Waals surface area contributed by atoms with Gasteiger partial charge in [-0.3, -0.25) is 14.3 Å². The molecule has 2 aromatic heterocycles. The Morgan fingerprint density at radius 1 is 1.26 bits per heavy atom. The number of aromatic nitrogens is 4. The molecule has 12 heteroatoms. The predicted molar refractivity (Wildman–Crippen MR) is 150 cm³/mol. The average Bonchev–Trinajstić information content (AvgIpc) is 3.38. The maximum atomic E-state index is 12.6. The number of hydrogen-bond acceptors (Lipinski definition) is 9. The van der Waals surface area contributed by atoms with Crippen molar-refractivity contribution in [2.75, 3.05) is 51.5 Å². The highest BCUT2D eigenvalue weighted by Crippen LogP contribution is 2.32. The Balaban J connectivity index is 1.48. The Labute approximate surface area is 227 Å². The SMILES string of the molecule is COc1cccc(C)c1Nc1nc(Nc2cnn(C3CCCN(C(=O)/C=C/CN(C)C)C3)c2)ncc1C(N)=O. The van der Waals surface area contributed by atoms with E-state index in [9.17, 15) is 9.59 Å². The smallest absolute Gasteiger partial charge is 0.254 e. The number of nitrogens with zero attached hydrogens (tertiary/aromatic N) is 6. The Bertz CT molecular complexity index is 1350. The molecule has 1 unspecified atom stereocenters. The second-order valence-electron chi connectivity index (χ2n) is 9.68. The highest BCUT2D eigenvalue weighted by atomic mass is 16.5. The first-order valence-electron chi connectivity index (χ1n) is 12.7. The number of carbonyl (C=O) groups excluding carboxylic acids is 2. The van der Waals surface area contributed by atoms with Gasteiger partial charge in [0.15, 0.2) is 0 Å². The molecule has 1 aliphatic heterocycles. The number of likely N-dealkylation sites (N-methyl/N-ethyl adjacent to an activating group) is 1. The van der Waals surface area contributed by atoms with Gasteiger partial charge in [-0.15, -0.1) is 0 Å². The van der Waals surface area contributed by atoms with Crippen LogP contribution in [0.3, 0.4) is 0 Å². The van der Waals surface area contributed by atoms with E-state index < -0.39 is 5.91 Å². The zero-order chi connectivity index (χ0) is 27.9. The van der Waals surface area contributed by atoms with Crippen LogP contribution in [-0.4, -0.2) is 82.2 Å². The van der Waals surface area contributed by atoms with Gasteiger partial charge in [0.05, 0.1) is 30.7 Å². The van der Waals surface area contributed by atoms with Crippen LogP contribution in [0.25, 0.3) is 0 Å². The van der Waals surface area contributed by atoms with Gasteiger partial charge in [0.2, 0.25) is 11.9 Å². The van der Waals surface area contributed by atoms with E-state index >= 15 is 0 Å². The highest BCUT2D eigenvalue weighted by molar-refractivity contribution is 5.98. The zero-order valence-corrected chi connectivity index (χ0v) is 22.7. The molecule has 0 aliphatic carbocycles. The first-order valence-corrected chi connectivity index (χ1v) is 12.7. The summed E-state index contributed by atoms with van der Waals surface area (Å²) >= 11 is 0. The molecule has 0 spiro atoms. The quantitative estimate of drug-likeness (QED) is 0.335. The van der Waals surface area contributed by atoms with E-state index in [4.69, 9.17) is 10.5 Å². The summed E-state index contributed by atoms with van der Waals surface area (Å²) in [7, 11) is 5.50. The Hall–Kier alpha value is -4.45. The molecule has 206 valence electrons. The largest absolute Gasteiger partial charge is 0.495 e. The lowest BCUT2D eigenvalue weighted by Gasteiger charge is -2.32. The number of rotatable bonds is 10. The van der Waals surface area contributed by atoms with Crippen LogP contribution in [0, 0.1) is 6.92 Å². The molecule has 2 amide bonds. The summed E-state index contributed by atoms with van der Waals surface area (Å²) in [6, 6.07) is 5.67. The number of nitrogens with one attached hydrogen (secondary N) is 2. The van der Waals surface area contributed by atoms with E-state index in [1.54, 1.807) is 19.4 Å². The van der Waals surface area contributed by atoms with E-state index in [0.717, 1.165) is 31.5 Å². The van der Waals surface area contributed by atoms with Gasteiger partial charge in [-0.2, -0.15) is 10.1 Å². The number of carbonyl (C=O) groups is 2. The number of aryl methyl sites for hydroxylation is 1. The van der Waals surface area contributed by atoms with E-state index in [1.807, 2.05) is 66.0 Å². The van der Waals surface area contributed by atoms with Crippen molar-refractivity contribution < 1.29 is 14.3 Å². The van der Waals surface area contributed by atoms with Gasteiger partial charge in [0.25, 0.3) is 5.91 Å². The minimum absolute atomic E-state index is 0.0142. The molecule has 4 rings (SSSR count). The average molecular weight is 534 g/mol. The minimum Gasteiger partial charge on any atom is -0.495 e. The second-order valence-corrected chi connectivity index (χ2v) is 9.68. The monoisotopic (exact) mass is 533 g/mol. The number of likely N-dealkylation sites (tertiary alicyclic amines) is 1. The van der Waals surface area contributed by atoms with Crippen LogP contribution in [-0.2, 0) is 4.79 Å². The third kappa shape index (κ3) is 6.90. The maximum Gasteiger partial charge on any atom is 0.254 e. The lowest BCUT2D eigenvalue weighted by atomic mass is 10.1. The zero-order valence-electron chi connectivity index (χ0n) is 22.7. The second kappa shape index (κ2) is 12.4. The summed E-state index contributed by atoms with van der Waals surface area (Å²) in [6.07, 6.45) is 10.3. The number of primary amides is 1. The van der Waals surface area contributed by atoms with E-state index in [-0.39, 0.29) is 29.3 Å². The molecule has 1 atom stereocenters. The summed E-state index contributed by atoms with van der Waals surface area (Å²) in [6.45, 7) is 3.96. The number of ether oxygens (including phenoxy) is 1. The predicted octanol–water partition coefficient (Wildman–Crippen LogP) is 2.86. The molecule has 0 radical (unpaired) electrons. The van der Waals surface area contributed by atoms with Crippen LogP contribution in [0.4, 0.5) is 23.1 Å². The highest BCUT2D eigenvalue weighted by Gasteiger charge is 2.24. The van der Waals surface area contributed by atoms with Gasteiger partial charge in [0, 0.05) is 38.1 Å². The van der Waals surface area contributed by atoms with Crippen molar-refractivity contribution in [1.82, 2.24) is 29.5 Å². The van der Waals surface area contributed by atoms with Crippen LogP contribution in [0.15, 0.2) is 48.9 Å². The molecule has 1 fully saturated rings. The summed E-state index contributed by atoms with van der Waals surface area (Å²) in [5.41, 5.74) is 7.99. The fourth-order valence-corrected chi connectivity index (χ4v) is 4.38. The molecule has 4 N–H and O–H groups in total. The molecular weight excluding hydrogens is 498 g/mol. The van der Waals surface area contributed by atoms with Gasteiger partial charge in [-0.05, 0) is 45.5 Å². The van der Waals surface area contributed by atoms with Crippen molar-refractivity contribution in [2.24, 2.45) is 5.73 Å². The molecule has 0 bridgehead atoms. The normalized spacial score (nSPS) is 15.5. The van der Waals surface area contributed by atoms with Gasteiger partial charge in [0.1, 0.15) is 17.1 Å². The number of hydrogen-bond donors (Lipinski definition) is 3. The Kier molecular flexibility index (Phi) is 8.77. The van der Waals surface area contributed by atoms with Gasteiger partial charge >= 0.3 is 0 Å². The van der Waals surface area contributed by atoms with Gasteiger partial charge < -0.3 is 30.9 Å². The van der Waals surface area contributed by atoms with Crippen molar-refractivity contribution in [3.63, 3.8) is 0 Å². The van der Waals surface area contributed by atoms with Crippen LogP contribution >= 0.6 is 0 Å². The van der Waals surface area contributed by atoms with Gasteiger partial charge in [-0.1, -0.05) is 18.2 Å². The first-order chi connectivity index (χ1) is 18.7. The van der Waals surface area contributed by atoms with Crippen molar-refractivity contribution in [3.05, 3.63) is 60.1 Å². The Morgan fingerprint density at radius 3 is 2.82 bits per heavy atom. The number of methoxy groups -OCH3 is 1. The molecule has 3 aromatic rings. The molecule has 0 saturated carbocycles. The number of nitrogens with two attached hydrogens (primary N) is 1. The summed E-state index contributed by atoms with van der Waals surface area (Å²) in [5, 5.41) is 10.8. The molecule has 12 nitrogen and oxygen atoms in total. The standard InChI is InChI=1S/C27H35N9O3/c1-18-8-5-10-22(39-4)24(18)32-26-21(25(28)38)15-29-27(33-26)31-19-14-30-36(16-19)20-9-6-13-35(17-20)23(37)11-7-12-34(2)3/h5,7-8,10-11,14-16,20H,6,9,12-13,17H2,1-4H3,(H2,28,38)(H2,29,31,32,33)/b11-7+. The summed E-state index contributed by atoms with van der Waals surface area (Å²) in [5.74, 6) is 0.482. The van der Waals surface area contributed by atoms with Crippen molar-refractivity contribution >= 4 is 35.0 Å². The van der Waals surface area contributed by atoms with Gasteiger partial charge in [-0.25, -0.2) is 4.98 Å². The van der Waals surface area contributed by atoms with E-state index in [1.165, 1.54) is 6.20 Å². The molecule has 1 aliphatic rings. The number of anilines is 4. The fourth-order valence-electron chi connectivity index (χ4n) is 4.38. The molecule has 1 saturated heterocycles. The van der Waals surface area contributed by atoms with Crippen LogP contribution < -0.4 is 21.1 Å². The molecule has 3 heterocycles. The summed E-state index contributed by atoms with van der Waals surface area (Å²) < 4.78 is 7.32. The molecular formula is C27H35N9O3. The van der Waals surface area contributed by atoms with Crippen molar-refractivity contribution in [3.8, 4) is 5.75 Å². The van der Waals surface area contributed by atoms with Crippen molar-refractivity contribution in [2.45, 2.75) is 25.8 Å².